The zero-order chi connectivity index (χ0) is 17.3. The van der Waals surface area contributed by atoms with Crippen molar-refractivity contribution in [3.8, 4) is 0 Å². The number of piperidine rings is 1. The van der Waals surface area contributed by atoms with Gasteiger partial charge in [-0.05, 0) is 30.5 Å². The molecule has 1 aliphatic rings. The van der Waals surface area contributed by atoms with E-state index in [1.807, 2.05) is 24.3 Å². The van der Waals surface area contributed by atoms with Gasteiger partial charge in [0.1, 0.15) is 6.04 Å². The molecule has 1 aromatic carbocycles. The van der Waals surface area contributed by atoms with Gasteiger partial charge in [0.25, 0.3) is 0 Å². The molecule has 2 unspecified atom stereocenters. The number of hydrogen-bond acceptors (Lipinski definition) is 2. The van der Waals surface area contributed by atoms with Gasteiger partial charge in [0.2, 0.25) is 5.91 Å². The van der Waals surface area contributed by atoms with E-state index < -0.39 is 12.2 Å². The first-order valence-electron chi connectivity index (χ1n) is 7.97. The number of H-pyrrole nitrogens is 1. The highest BCUT2D eigenvalue weighted by Crippen LogP contribution is 2.33. The molecule has 1 saturated heterocycles. The molecule has 4 nitrogen and oxygen atoms in total. The lowest BCUT2D eigenvalue weighted by Crippen LogP contribution is -2.55. The third-order valence-corrected chi connectivity index (χ3v) is 4.53. The summed E-state index contributed by atoms with van der Waals surface area (Å²) in [6.45, 7) is 1.79. The Morgan fingerprint density at radius 3 is 2.83 bits per heavy atom. The van der Waals surface area contributed by atoms with Crippen LogP contribution in [0.3, 0.4) is 0 Å². The van der Waals surface area contributed by atoms with E-state index in [-0.39, 0.29) is 31.5 Å². The lowest BCUT2D eigenvalue weighted by molar-refractivity contribution is -0.194. The van der Waals surface area contributed by atoms with Crippen LogP contribution in [0.4, 0.5) is 13.2 Å². The maximum Gasteiger partial charge on any atom is 0.404 e. The molecule has 0 saturated carbocycles. The summed E-state index contributed by atoms with van der Waals surface area (Å²) in [6.07, 6.45) is -2.15. The maximum absolute atomic E-state index is 13.4. The Hall–Kier alpha value is -2.02. The molecule has 24 heavy (non-hydrogen) atoms. The first-order chi connectivity index (χ1) is 11.3. The van der Waals surface area contributed by atoms with Crippen molar-refractivity contribution < 1.29 is 18.0 Å². The van der Waals surface area contributed by atoms with Crippen LogP contribution in [-0.4, -0.2) is 40.6 Å². The second kappa shape index (κ2) is 6.47. The van der Waals surface area contributed by atoms with Gasteiger partial charge in [-0.25, -0.2) is 0 Å². The van der Waals surface area contributed by atoms with Gasteiger partial charge in [-0.3, -0.25) is 9.69 Å². The van der Waals surface area contributed by atoms with Crippen LogP contribution in [0.25, 0.3) is 10.9 Å². The number of benzene rings is 1. The van der Waals surface area contributed by atoms with Crippen molar-refractivity contribution in [1.29, 1.82) is 0 Å². The predicted octanol–water partition coefficient (Wildman–Crippen LogP) is 3.20. The Kier molecular flexibility index (Phi) is 4.54. The highest BCUT2D eigenvalue weighted by Gasteiger charge is 2.46. The van der Waals surface area contributed by atoms with Crippen molar-refractivity contribution in [3.63, 3.8) is 0 Å². The number of aromatic nitrogens is 1. The summed E-state index contributed by atoms with van der Waals surface area (Å²) in [4.78, 5) is 15.8. The van der Waals surface area contributed by atoms with E-state index in [2.05, 4.69) is 10.3 Å². The van der Waals surface area contributed by atoms with E-state index in [0.717, 1.165) is 16.5 Å². The van der Waals surface area contributed by atoms with Crippen molar-refractivity contribution in [2.24, 2.45) is 0 Å². The number of carbonyl (C=O) groups is 1. The monoisotopic (exact) mass is 339 g/mol. The molecule has 0 spiro atoms. The lowest BCUT2D eigenvalue weighted by Gasteiger charge is -2.40. The van der Waals surface area contributed by atoms with Crippen LogP contribution in [0.5, 0.6) is 0 Å². The fourth-order valence-electron chi connectivity index (χ4n) is 3.50. The van der Waals surface area contributed by atoms with Crippen LogP contribution in [-0.2, 0) is 11.3 Å². The van der Waals surface area contributed by atoms with Crippen LogP contribution in [0.2, 0.25) is 0 Å². The molecular formula is C17H20F3N3O. The molecular weight excluding hydrogens is 319 g/mol. The van der Waals surface area contributed by atoms with E-state index in [4.69, 9.17) is 0 Å². The second-order valence-corrected chi connectivity index (χ2v) is 6.32. The van der Waals surface area contributed by atoms with Gasteiger partial charge >= 0.3 is 6.18 Å². The highest BCUT2D eigenvalue weighted by atomic mass is 19.4. The number of carbonyl (C=O) groups excluding carboxylic acids is 1. The first-order valence-corrected chi connectivity index (χ1v) is 7.97. The average Bonchev–Trinajstić information content (AvgIpc) is 2.95. The molecule has 1 aliphatic heterocycles. The summed E-state index contributed by atoms with van der Waals surface area (Å²) in [5.41, 5.74) is 1.76. The minimum Gasteiger partial charge on any atom is -0.361 e. The summed E-state index contributed by atoms with van der Waals surface area (Å²) >= 11 is 0. The zero-order valence-electron chi connectivity index (χ0n) is 13.4. The number of nitrogens with one attached hydrogen (secondary N) is 2. The van der Waals surface area contributed by atoms with Crippen LogP contribution in [0.15, 0.2) is 30.5 Å². The molecule has 7 heteroatoms. The minimum absolute atomic E-state index is 0.00242. The van der Waals surface area contributed by atoms with Gasteiger partial charge in [0.05, 0.1) is 0 Å². The number of likely N-dealkylation sites (tertiary alicyclic amines) is 1. The molecule has 2 aromatic rings. The number of fused-ring (bicyclic) bond motifs is 1. The van der Waals surface area contributed by atoms with E-state index in [9.17, 15) is 18.0 Å². The number of rotatable bonds is 3. The van der Waals surface area contributed by atoms with Crippen molar-refractivity contribution in [2.75, 3.05) is 6.54 Å². The Bertz CT molecular complexity index is 725. The van der Waals surface area contributed by atoms with Crippen molar-refractivity contribution >= 4 is 16.8 Å². The molecule has 3 rings (SSSR count). The fraction of sp³-hybridized carbons (Fsp3) is 0.471. The molecule has 1 amide bonds. The Morgan fingerprint density at radius 1 is 1.33 bits per heavy atom. The summed E-state index contributed by atoms with van der Waals surface area (Å²) in [7, 11) is 0. The minimum atomic E-state index is -4.27. The van der Waals surface area contributed by atoms with Crippen molar-refractivity contribution in [1.82, 2.24) is 15.2 Å². The van der Waals surface area contributed by atoms with Gasteiger partial charge in [-0.2, -0.15) is 13.2 Å². The van der Waals surface area contributed by atoms with Gasteiger partial charge in [0, 0.05) is 43.2 Å². The quantitative estimate of drug-likeness (QED) is 0.902. The standard InChI is InChI=1S/C17H20F3N3O/c1-11(24)22-13-5-6-16(17(18,19)20)23(10-13)9-12-3-2-4-15-14(12)7-8-21-15/h2-4,7-8,13,16,21H,5-6,9-10H2,1H3,(H,22,24). The number of halogens is 3. The Balaban J connectivity index is 1.85. The number of amides is 1. The van der Waals surface area contributed by atoms with Crippen molar-refractivity contribution in [3.05, 3.63) is 36.0 Å². The predicted molar refractivity (Wildman–Crippen MR) is 85.4 cm³/mol. The Labute approximate surface area is 138 Å². The largest absolute Gasteiger partial charge is 0.404 e. The molecule has 0 radical (unpaired) electrons. The van der Waals surface area contributed by atoms with Gasteiger partial charge in [-0.1, -0.05) is 12.1 Å². The molecule has 2 N–H and O–H groups in total. The smallest absolute Gasteiger partial charge is 0.361 e. The number of aromatic amines is 1. The molecule has 1 aromatic heterocycles. The van der Waals surface area contributed by atoms with Gasteiger partial charge in [0.15, 0.2) is 0 Å². The average molecular weight is 339 g/mol. The third kappa shape index (κ3) is 3.56. The van der Waals surface area contributed by atoms with Crippen LogP contribution < -0.4 is 5.32 Å². The second-order valence-electron chi connectivity index (χ2n) is 6.32. The fourth-order valence-corrected chi connectivity index (χ4v) is 3.50. The number of hydrogen-bond donors (Lipinski definition) is 2. The molecule has 1 fully saturated rings. The van der Waals surface area contributed by atoms with Crippen LogP contribution in [0, 0.1) is 0 Å². The van der Waals surface area contributed by atoms with E-state index in [1.165, 1.54) is 11.8 Å². The summed E-state index contributed by atoms with van der Waals surface area (Å²) < 4.78 is 40.2. The molecule has 0 aliphatic carbocycles. The zero-order valence-corrected chi connectivity index (χ0v) is 13.4. The Morgan fingerprint density at radius 2 is 2.12 bits per heavy atom. The van der Waals surface area contributed by atoms with Crippen LogP contribution in [0.1, 0.15) is 25.3 Å². The molecule has 130 valence electrons. The van der Waals surface area contributed by atoms with Crippen LogP contribution >= 0.6 is 0 Å². The molecule has 2 atom stereocenters. The summed E-state index contributed by atoms with van der Waals surface area (Å²) in [5, 5.41) is 3.68. The number of alkyl halides is 3. The van der Waals surface area contributed by atoms with Gasteiger partial charge in [-0.15, -0.1) is 0 Å². The maximum atomic E-state index is 13.4. The van der Waals surface area contributed by atoms with E-state index >= 15 is 0 Å². The third-order valence-electron chi connectivity index (χ3n) is 4.53. The molecule has 2 heterocycles. The van der Waals surface area contributed by atoms with Gasteiger partial charge < -0.3 is 10.3 Å². The molecule has 0 bridgehead atoms. The van der Waals surface area contributed by atoms with E-state index in [1.54, 1.807) is 6.20 Å². The van der Waals surface area contributed by atoms with E-state index in [0.29, 0.717) is 6.42 Å². The first kappa shape index (κ1) is 16.8. The number of nitrogens with zero attached hydrogens (tertiary/aromatic N) is 1. The summed E-state index contributed by atoms with van der Waals surface area (Å²) in [6, 6.07) is 5.75. The SMILES string of the molecule is CC(=O)NC1CCC(C(F)(F)F)N(Cc2cccc3[nH]ccc23)C1. The highest BCUT2D eigenvalue weighted by molar-refractivity contribution is 5.82. The summed E-state index contributed by atoms with van der Waals surface area (Å²) in [5.74, 6) is -0.210. The van der Waals surface area contributed by atoms with Crippen molar-refractivity contribution in [2.45, 2.75) is 44.6 Å². The normalized spacial score (nSPS) is 22.7. The topological polar surface area (TPSA) is 48.1 Å². The lowest BCUT2D eigenvalue weighted by atomic mass is 9.96.